The van der Waals surface area contributed by atoms with Crippen molar-refractivity contribution in [3.05, 3.63) is 77.4 Å². The van der Waals surface area contributed by atoms with Crippen molar-refractivity contribution in [2.24, 2.45) is 0 Å². The number of aryl methyl sites for hydroxylation is 1. The molecular weight excluding hydrogens is 522 g/mol. The van der Waals surface area contributed by atoms with Crippen LogP contribution in [-0.2, 0) is 0 Å². The number of para-hydroxylation sites is 1. The number of hydrogen-bond acceptors (Lipinski definition) is 7. The number of aromatic hydroxyl groups is 6. The average molecular weight is 548 g/mol. The number of phenols is 6. The van der Waals surface area contributed by atoms with Crippen molar-refractivity contribution in [1.82, 2.24) is 4.57 Å². The standard InChI is InChI=1S/C33H25NO7/c1-14-7-6-10-22-23(14)19-13-17(11-12-21(19)41-22)18-8-4-5-9-20(18)34-26-24(28(35)15(2)16(3)29(26)36)25-27(34)31(38)33(40)32(39)30(25)37/h4-13,35-40H,1-3H3. The zero-order valence-corrected chi connectivity index (χ0v) is 22.3. The first-order chi connectivity index (χ1) is 19.6. The number of nitrogens with zero attached hydrogens (tertiary/aromatic N) is 1. The predicted molar refractivity (Wildman–Crippen MR) is 158 cm³/mol. The molecule has 0 unspecified atom stereocenters. The van der Waals surface area contributed by atoms with Crippen LogP contribution in [0.25, 0.3) is 60.6 Å². The van der Waals surface area contributed by atoms with Gasteiger partial charge in [-0.25, -0.2) is 0 Å². The molecule has 5 aromatic carbocycles. The molecule has 0 saturated heterocycles. The molecule has 204 valence electrons. The van der Waals surface area contributed by atoms with Crippen molar-refractivity contribution in [1.29, 1.82) is 0 Å². The van der Waals surface area contributed by atoms with Gasteiger partial charge in [-0.3, -0.25) is 0 Å². The number of fused-ring (bicyclic) bond motifs is 6. The fraction of sp³-hybridized carbons (Fsp3) is 0.0909. The molecule has 7 rings (SSSR count). The van der Waals surface area contributed by atoms with Crippen LogP contribution < -0.4 is 0 Å². The third-order valence-corrected chi connectivity index (χ3v) is 8.20. The van der Waals surface area contributed by atoms with Gasteiger partial charge in [0, 0.05) is 16.3 Å². The van der Waals surface area contributed by atoms with Crippen LogP contribution in [0.1, 0.15) is 16.7 Å². The molecule has 0 amide bonds. The molecule has 8 nitrogen and oxygen atoms in total. The van der Waals surface area contributed by atoms with Crippen LogP contribution >= 0.6 is 0 Å². The molecule has 8 heteroatoms. The summed E-state index contributed by atoms with van der Waals surface area (Å²) in [6.45, 7) is 5.28. The third-order valence-electron chi connectivity index (χ3n) is 8.20. The van der Waals surface area contributed by atoms with Crippen molar-refractivity contribution in [2.75, 3.05) is 0 Å². The first kappa shape index (κ1) is 24.5. The van der Waals surface area contributed by atoms with E-state index in [2.05, 4.69) is 0 Å². The molecule has 0 aliphatic carbocycles. The van der Waals surface area contributed by atoms with E-state index in [1.165, 1.54) is 4.57 Å². The summed E-state index contributed by atoms with van der Waals surface area (Å²) in [4.78, 5) is 0. The van der Waals surface area contributed by atoms with Gasteiger partial charge in [0.2, 0.25) is 11.5 Å². The Kier molecular flexibility index (Phi) is 4.94. The van der Waals surface area contributed by atoms with Gasteiger partial charge < -0.3 is 39.6 Å². The second-order valence-corrected chi connectivity index (χ2v) is 10.4. The molecule has 0 aliphatic rings. The van der Waals surface area contributed by atoms with Gasteiger partial charge in [0.05, 0.1) is 16.5 Å². The SMILES string of the molecule is Cc1c(C)c(O)c2c(c1O)c1c(O)c(O)c(O)c(O)c1n2-c1ccccc1-c1ccc2oc3cccc(C)c3c2c1. The summed E-state index contributed by atoms with van der Waals surface area (Å²) < 4.78 is 7.55. The van der Waals surface area contributed by atoms with Crippen molar-refractivity contribution in [3.63, 3.8) is 0 Å². The van der Waals surface area contributed by atoms with Gasteiger partial charge >= 0.3 is 0 Å². The van der Waals surface area contributed by atoms with E-state index in [1.807, 2.05) is 55.5 Å². The Morgan fingerprint density at radius 3 is 2.00 bits per heavy atom. The Morgan fingerprint density at radius 1 is 0.561 bits per heavy atom. The van der Waals surface area contributed by atoms with Gasteiger partial charge in [0.25, 0.3) is 0 Å². The minimum atomic E-state index is -0.938. The van der Waals surface area contributed by atoms with Gasteiger partial charge in [-0.2, -0.15) is 0 Å². The van der Waals surface area contributed by atoms with Gasteiger partial charge in [0.15, 0.2) is 11.5 Å². The third kappa shape index (κ3) is 3.10. The maximum Gasteiger partial charge on any atom is 0.206 e. The predicted octanol–water partition coefficient (Wildman–Crippen LogP) is 7.51. The van der Waals surface area contributed by atoms with E-state index in [4.69, 9.17) is 4.42 Å². The maximum absolute atomic E-state index is 11.4. The van der Waals surface area contributed by atoms with E-state index in [0.29, 0.717) is 22.4 Å². The van der Waals surface area contributed by atoms with Crippen LogP contribution in [0.3, 0.4) is 0 Å². The van der Waals surface area contributed by atoms with E-state index in [1.54, 1.807) is 26.0 Å². The highest BCUT2D eigenvalue weighted by molar-refractivity contribution is 6.20. The Labute approximate surface area is 232 Å². The summed E-state index contributed by atoms with van der Waals surface area (Å²) in [5, 5.41) is 67.5. The second kappa shape index (κ2) is 8.25. The van der Waals surface area contributed by atoms with Gasteiger partial charge in [-0.05, 0) is 67.3 Å². The van der Waals surface area contributed by atoms with Crippen molar-refractivity contribution < 1.29 is 35.1 Å². The number of phenolic OH excluding ortho intramolecular Hbond substituents is 6. The highest BCUT2D eigenvalue weighted by Gasteiger charge is 2.31. The first-order valence-corrected chi connectivity index (χ1v) is 13.0. The lowest BCUT2D eigenvalue weighted by Crippen LogP contribution is -1.99. The van der Waals surface area contributed by atoms with E-state index in [-0.39, 0.29) is 33.3 Å². The Hall–Kier alpha value is -5.50. The summed E-state index contributed by atoms with van der Waals surface area (Å²) in [5.74, 6) is -3.75. The minimum Gasteiger partial charge on any atom is -0.507 e. The van der Waals surface area contributed by atoms with Crippen molar-refractivity contribution in [2.45, 2.75) is 20.8 Å². The maximum atomic E-state index is 11.4. The zero-order valence-electron chi connectivity index (χ0n) is 22.3. The second-order valence-electron chi connectivity index (χ2n) is 10.4. The summed E-state index contributed by atoms with van der Waals surface area (Å²) in [7, 11) is 0. The number of hydrogen-bond donors (Lipinski definition) is 6. The fourth-order valence-electron chi connectivity index (χ4n) is 5.98. The van der Waals surface area contributed by atoms with E-state index >= 15 is 0 Å². The topological polar surface area (TPSA) is 139 Å². The lowest BCUT2D eigenvalue weighted by Gasteiger charge is -2.16. The van der Waals surface area contributed by atoms with Crippen LogP contribution in [0, 0.1) is 20.8 Å². The first-order valence-electron chi connectivity index (χ1n) is 13.0. The molecule has 0 aliphatic heterocycles. The zero-order chi connectivity index (χ0) is 28.9. The van der Waals surface area contributed by atoms with Crippen LogP contribution in [-0.4, -0.2) is 35.2 Å². The molecule has 0 bridgehead atoms. The van der Waals surface area contributed by atoms with Crippen LogP contribution in [0.4, 0.5) is 0 Å². The molecular formula is C33H25NO7. The molecule has 41 heavy (non-hydrogen) atoms. The van der Waals surface area contributed by atoms with E-state index in [0.717, 1.165) is 33.1 Å². The minimum absolute atomic E-state index is 0.0189. The summed E-state index contributed by atoms with van der Waals surface area (Å²) in [5.41, 5.74) is 5.29. The molecule has 0 radical (unpaired) electrons. The molecule has 7 aromatic rings. The van der Waals surface area contributed by atoms with Crippen LogP contribution in [0.15, 0.2) is 65.1 Å². The molecule has 6 N–H and O–H groups in total. The monoisotopic (exact) mass is 547 g/mol. The normalized spacial score (nSPS) is 11.9. The number of rotatable bonds is 2. The van der Waals surface area contributed by atoms with Gasteiger partial charge in [-0.15, -0.1) is 0 Å². The van der Waals surface area contributed by atoms with Gasteiger partial charge in [0.1, 0.15) is 33.7 Å². The fourth-order valence-corrected chi connectivity index (χ4v) is 5.98. The van der Waals surface area contributed by atoms with Crippen LogP contribution in [0.2, 0.25) is 0 Å². The Bertz CT molecular complexity index is 2180. The molecule has 0 spiro atoms. The molecule has 0 saturated carbocycles. The van der Waals surface area contributed by atoms with Crippen molar-refractivity contribution >= 4 is 43.7 Å². The quantitative estimate of drug-likeness (QED) is 0.0972. The number of benzene rings is 5. The molecule has 2 heterocycles. The Balaban J connectivity index is 1.66. The summed E-state index contributed by atoms with van der Waals surface area (Å²) in [6.07, 6.45) is 0. The molecule has 0 fully saturated rings. The molecule has 2 aromatic heterocycles. The van der Waals surface area contributed by atoms with Crippen molar-refractivity contribution in [3.8, 4) is 51.3 Å². The Morgan fingerprint density at radius 2 is 1.22 bits per heavy atom. The highest BCUT2D eigenvalue weighted by Crippen LogP contribution is 2.56. The summed E-state index contributed by atoms with van der Waals surface area (Å²) in [6, 6.07) is 19.0. The lowest BCUT2D eigenvalue weighted by molar-refractivity contribution is 0.350. The van der Waals surface area contributed by atoms with E-state index in [9.17, 15) is 30.6 Å². The average Bonchev–Trinajstić information content (AvgIpc) is 3.53. The largest absolute Gasteiger partial charge is 0.507 e. The summed E-state index contributed by atoms with van der Waals surface area (Å²) >= 11 is 0. The van der Waals surface area contributed by atoms with E-state index < -0.39 is 23.0 Å². The van der Waals surface area contributed by atoms with Gasteiger partial charge in [-0.1, -0.05) is 36.4 Å². The van der Waals surface area contributed by atoms with Crippen LogP contribution in [0.5, 0.6) is 34.5 Å². The highest BCUT2D eigenvalue weighted by atomic mass is 16.3. The lowest BCUT2D eigenvalue weighted by atomic mass is 9.99. The molecule has 0 atom stereocenters. The number of furan rings is 1. The number of aromatic nitrogens is 1. The smallest absolute Gasteiger partial charge is 0.206 e.